The highest BCUT2D eigenvalue weighted by Crippen LogP contribution is 2.34. The first kappa shape index (κ1) is 12.9. The smallest absolute Gasteiger partial charge is 0.263 e. The Morgan fingerprint density at radius 1 is 1.33 bits per heavy atom. The molecular formula is C14H18N2OS. The van der Waals surface area contributed by atoms with Crippen LogP contribution in [-0.2, 0) is 0 Å². The number of rotatable bonds is 1. The molecule has 3 N–H and O–H groups in total. The van der Waals surface area contributed by atoms with E-state index < -0.39 is 0 Å². The average molecular weight is 262 g/mol. The summed E-state index contributed by atoms with van der Waals surface area (Å²) in [5.74, 6) is -0.0983. The van der Waals surface area contributed by atoms with Crippen molar-refractivity contribution in [3.8, 4) is 0 Å². The van der Waals surface area contributed by atoms with E-state index in [1.807, 2.05) is 39.8 Å². The summed E-state index contributed by atoms with van der Waals surface area (Å²) in [6.07, 6.45) is 0. The predicted molar refractivity (Wildman–Crippen MR) is 78.2 cm³/mol. The predicted octanol–water partition coefficient (Wildman–Crippen LogP) is 3.32. The minimum atomic E-state index is -0.254. The molecule has 0 aliphatic heterocycles. The van der Waals surface area contributed by atoms with Gasteiger partial charge in [0.2, 0.25) is 0 Å². The molecule has 0 atom stereocenters. The van der Waals surface area contributed by atoms with E-state index in [0.717, 1.165) is 10.1 Å². The number of carbonyl (C=O) groups is 1. The van der Waals surface area contributed by atoms with E-state index >= 15 is 0 Å². The summed E-state index contributed by atoms with van der Waals surface area (Å²) in [6.45, 7) is 7.90. The zero-order valence-electron chi connectivity index (χ0n) is 11.1. The van der Waals surface area contributed by atoms with Crippen molar-refractivity contribution in [2.24, 2.45) is 0 Å². The molecule has 2 rings (SSSR count). The third kappa shape index (κ3) is 2.48. The molecule has 18 heavy (non-hydrogen) atoms. The fraction of sp³-hybridized carbons (Fsp3) is 0.357. The van der Waals surface area contributed by atoms with Gasteiger partial charge in [-0.1, -0.05) is 12.1 Å². The Hall–Kier alpha value is -1.55. The number of aryl methyl sites for hydroxylation is 1. The minimum Gasteiger partial charge on any atom is -0.397 e. The van der Waals surface area contributed by atoms with Gasteiger partial charge in [0.05, 0.1) is 5.69 Å². The number of nitrogens with two attached hydrogens (primary N) is 1. The largest absolute Gasteiger partial charge is 0.397 e. The Morgan fingerprint density at radius 2 is 2.00 bits per heavy atom. The van der Waals surface area contributed by atoms with Crippen LogP contribution >= 0.6 is 11.3 Å². The van der Waals surface area contributed by atoms with E-state index in [1.54, 1.807) is 0 Å². The Labute approximate surface area is 111 Å². The van der Waals surface area contributed by atoms with Crippen LogP contribution in [-0.4, -0.2) is 11.4 Å². The Kier molecular flexibility index (Phi) is 3.07. The number of thiophene rings is 1. The Morgan fingerprint density at radius 3 is 2.61 bits per heavy atom. The van der Waals surface area contributed by atoms with Crippen molar-refractivity contribution >= 4 is 33.0 Å². The van der Waals surface area contributed by atoms with Gasteiger partial charge in [-0.05, 0) is 39.3 Å². The normalized spacial score (nSPS) is 11.8. The number of nitrogens with one attached hydrogen (secondary N) is 1. The van der Waals surface area contributed by atoms with Crippen LogP contribution in [0.25, 0.3) is 10.1 Å². The molecule has 0 bridgehead atoms. The lowest BCUT2D eigenvalue weighted by Gasteiger charge is -2.20. The molecule has 1 aromatic carbocycles. The molecule has 1 amide bonds. The van der Waals surface area contributed by atoms with E-state index in [2.05, 4.69) is 11.4 Å². The lowest BCUT2D eigenvalue weighted by atomic mass is 10.1. The van der Waals surface area contributed by atoms with Crippen LogP contribution in [0.1, 0.15) is 36.0 Å². The lowest BCUT2D eigenvalue weighted by Crippen LogP contribution is -2.40. The van der Waals surface area contributed by atoms with Gasteiger partial charge in [0, 0.05) is 15.6 Å². The Bertz CT molecular complexity index is 608. The molecular weight excluding hydrogens is 244 g/mol. The number of anilines is 1. The zero-order chi connectivity index (χ0) is 13.5. The van der Waals surface area contributed by atoms with Crippen LogP contribution in [0.2, 0.25) is 0 Å². The fourth-order valence-electron chi connectivity index (χ4n) is 1.79. The summed E-state index contributed by atoms with van der Waals surface area (Å²) in [4.78, 5) is 12.8. The molecule has 0 aliphatic rings. The number of carbonyl (C=O) groups excluding carboxylic acids is 1. The van der Waals surface area contributed by atoms with Crippen molar-refractivity contribution in [2.45, 2.75) is 33.2 Å². The van der Waals surface area contributed by atoms with Gasteiger partial charge in [-0.25, -0.2) is 0 Å². The summed E-state index contributed by atoms with van der Waals surface area (Å²) < 4.78 is 1.06. The molecule has 0 saturated heterocycles. The van der Waals surface area contributed by atoms with Crippen LogP contribution in [0.4, 0.5) is 5.69 Å². The SMILES string of the molecule is Cc1ccc2c(N)c(C(=O)NC(C)(C)C)sc2c1. The van der Waals surface area contributed by atoms with Gasteiger partial charge >= 0.3 is 0 Å². The second kappa shape index (κ2) is 4.28. The van der Waals surface area contributed by atoms with Crippen LogP contribution in [0.3, 0.4) is 0 Å². The minimum absolute atomic E-state index is 0.0983. The van der Waals surface area contributed by atoms with Gasteiger partial charge in [-0.2, -0.15) is 0 Å². The van der Waals surface area contributed by atoms with Crippen molar-refractivity contribution in [3.63, 3.8) is 0 Å². The van der Waals surface area contributed by atoms with Crippen LogP contribution in [0, 0.1) is 6.92 Å². The van der Waals surface area contributed by atoms with Crippen molar-refractivity contribution in [2.75, 3.05) is 5.73 Å². The van der Waals surface area contributed by atoms with Gasteiger partial charge < -0.3 is 11.1 Å². The quantitative estimate of drug-likeness (QED) is 0.828. The first-order chi connectivity index (χ1) is 8.28. The molecule has 4 heteroatoms. The standard InChI is InChI=1S/C14H18N2OS/c1-8-5-6-9-10(7-8)18-12(11(9)15)13(17)16-14(2,3)4/h5-7H,15H2,1-4H3,(H,16,17). The third-order valence-corrected chi connectivity index (χ3v) is 3.75. The highest BCUT2D eigenvalue weighted by molar-refractivity contribution is 7.21. The number of fused-ring (bicyclic) bond motifs is 1. The molecule has 1 aromatic heterocycles. The molecule has 0 radical (unpaired) electrons. The monoisotopic (exact) mass is 262 g/mol. The van der Waals surface area contributed by atoms with E-state index in [0.29, 0.717) is 10.6 Å². The maximum absolute atomic E-state index is 12.2. The van der Waals surface area contributed by atoms with Crippen molar-refractivity contribution in [1.29, 1.82) is 0 Å². The van der Waals surface area contributed by atoms with Gasteiger partial charge in [-0.15, -0.1) is 11.3 Å². The van der Waals surface area contributed by atoms with Crippen molar-refractivity contribution in [3.05, 3.63) is 28.6 Å². The number of amides is 1. The molecule has 3 nitrogen and oxygen atoms in total. The summed E-state index contributed by atoms with van der Waals surface area (Å²) in [6, 6.07) is 6.05. The van der Waals surface area contributed by atoms with Gasteiger partial charge in [0.15, 0.2) is 0 Å². The van der Waals surface area contributed by atoms with Gasteiger partial charge in [-0.3, -0.25) is 4.79 Å². The van der Waals surface area contributed by atoms with Crippen LogP contribution < -0.4 is 11.1 Å². The average Bonchev–Trinajstić information content (AvgIpc) is 2.53. The van der Waals surface area contributed by atoms with E-state index in [-0.39, 0.29) is 11.4 Å². The van der Waals surface area contributed by atoms with E-state index in [1.165, 1.54) is 16.9 Å². The van der Waals surface area contributed by atoms with E-state index in [4.69, 9.17) is 5.73 Å². The topological polar surface area (TPSA) is 55.1 Å². The van der Waals surface area contributed by atoms with Gasteiger partial charge in [0.25, 0.3) is 5.91 Å². The Balaban J connectivity index is 2.46. The molecule has 1 heterocycles. The van der Waals surface area contributed by atoms with Crippen LogP contribution in [0.15, 0.2) is 18.2 Å². The zero-order valence-corrected chi connectivity index (χ0v) is 11.9. The number of nitrogen functional groups attached to an aromatic ring is 1. The second-order valence-electron chi connectivity index (χ2n) is 5.55. The summed E-state index contributed by atoms with van der Waals surface area (Å²) in [5, 5.41) is 3.91. The summed E-state index contributed by atoms with van der Waals surface area (Å²) in [5.41, 5.74) is 7.56. The van der Waals surface area contributed by atoms with Crippen molar-refractivity contribution in [1.82, 2.24) is 5.32 Å². The number of benzene rings is 1. The third-order valence-electron chi connectivity index (χ3n) is 2.58. The molecule has 0 unspecified atom stereocenters. The maximum Gasteiger partial charge on any atom is 0.263 e. The van der Waals surface area contributed by atoms with Crippen molar-refractivity contribution < 1.29 is 4.79 Å². The summed E-state index contributed by atoms with van der Waals surface area (Å²) in [7, 11) is 0. The molecule has 0 saturated carbocycles. The molecule has 0 fully saturated rings. The van der Waals surface area contributed by atoms with Gasteiger partial charge in [0.1, 0.15) is 4.88 Å². The number of hydrogen-bond acceptors (Lipinski definition) is 3. The first-order valence-corrected chi connectivity index (χ1v) is 6.71. The molecule has 2 aromatic rings. The van der Waals surface area contributed by atoms with E-state index in [9.17, 15) is 4.79 Å². The maximum atomic E-state index is 12.2. The highest BCUT2D eigenvalue weighted by atomic mass is 32.1. The first-order valence-electron chi connectivity index (χ1n) is 5.89. The highest BCUT2D eigenvalue weighted by Gasteiger charge is 2.20. The van der Waals surface area contributed by atoms with Crippen LogP contribution in [0.5, 0.6) is 0 Å². The molecule has 0 spiro atoms. The molecule has 0 aliphatic carbocycles. The molecule has 96 valence electrons. The number of hydrogen-bond donors (Lipinski definition) is 2. The lowest BCUT2D eigenvalue weighted by molar-refractivity contribution is 0.0924. The second-order valence-corrected chi connectivity index (χ2v) is 6.60. The fourth-order valence-corrected chi connectivity index (χ4v) is 2.91. The summed E-state index contributed by atoms with van der Waals surface area (Å²) >= 11 is 1.45.